The second-order valence-electron chi connectivity index (χ2n) is 10.1. The zero-order valence-corrected chi connectivity index (χ0v) is 22.4. The molecule has 0 radical (unpaired) electrons. The van der Waals surface area contributed by atoms with Gasteiger partial charge < -0.3 is 13.7 Å². The van der Waals surface area contributed by atoms with Crippen molar-refractivity contribution < 1.29 is 9.16 Å². The summed E-state index contributed by atoms with van der Waals surface area (Å²) in [5.74, 6) is 1.01. The minimum atomic E-state index is -2.62. The van der Waals surface area contributed by atoms with Crippen molar-refractivity contribution in [1.82, 2.24) is 9.55 Å². The molecule has 2 aromatic heterocycles. The first-order chi connectivity index (χ1) is 16.4. The first kappa shape index (κ1) is 23.5. The SMILES string of the molecule is CCc1cc2c(nc(CO[Si](c3ccccc3)(c3ccccc3)C(C)(C)C)n2C[C@@H]2CCO2)s1. The summed E-state index contributed by atoms with van der Waals surface area (Å²) in [6.45, 7) is 11.4. The number of thiophene rings is 1. The highest BCUT2D eigenvalue weighted by Crippen LogP contribution is 2.38. The van der Waals surface area contributed by atoms with E-state index >= 15 is 0 Å². The highest BCUT2D eigenvalue weighted by atomic mass is 32.1. The van der Waals surface area contributed by atoms with E-state index in [2.05, 4.69) is 99.0 Å². The van der Waals surface area contributed by atoms with Gasteiger partial charge in [0, 0.05) is 11.5 Å². The number of nitrogens with zero attached hydrogens (tertiary/aromatic N) is 2. The lowest BCUT2D eigenvalue weighted by Gasteiger charge is -2.43. The van der Waals surface area contributed by atoms with Crippen LogP contribution in [0.4, 0.5) is 0 Å². The summed E-state index contributed by atoms with van der Waals surface area (Å²) in [5.41, 5.74) is 1.22. The van der Waals surface area contributed by atoms with E-state index < -0.39 is 8.32 Å². The number of aromatic nitrogens is 2. The summed E-state index contributed by atoms with van der Waals surface area (Å²) in [7, 11) is -2.62. The third kappa shape index (κ3) is 4.17. The summed E-state index contributed by atoms with van der Waals surface area (Å²) in [4.78, 5) is 7.57. The van der Waals surface area contributed by atoms with Crippen molar-refractivity contribution in [3.8, 4) is 0 Å². The fourth-order valence-corrected chi connectivity index (χ4v) is 10.6. The Morgan fingerprint density at radius 3 is 2.18 bits per heavy atom. The van der Waals surface area contributed by atoms with Gasteiger partial charge in [-0.25, -0.2) is 4.98 Å². The smallest absolute Gasteiger partial charge is 0.261 e. The van der Waals surface area contributed by atoms with Gasteiger partial charge in [-0.05, 0) is 34.3 Å². The van der Waals surface area contributed by atoms with Crippen molar-refractivity contribution in [1.29, 1.82) is 0 Å². The topological polar surface area (TPSA) is 36.3 Å². The summed E-state index contributed by atoms with van der Waals surface area (Å²) in [5, 5.41) is 2.53. The van der Waals surface area contributed by atoms with E-state index in [4.69, 9.17) is 14.1 Å². The average Bonchev–Trinajstić information content (AvgIpc) is 3.35. The minimum Gasteiger partial charge on any atom is -0.400 e. The molecule has 0 bridgehead atoms. The minimum absolute atomic E-state index is 0.0586. The molecule has 2 aromatic carbocycles. The normalized spacial score (nSPS) is 16.6. The number of rotatable bonds is 8. The van der Waals surface area contributed by atoms with Crippen molar-refractivity contribution >= 4 is 40.4 Å². The lowest BCUT2D eigenvalue weighted by Crippen LogP contribution is -2.66. The molecule has 1 saturated heterocycles. The van der Waals surface area contributed by atoms with Crippen molar-refractivity contribution in [3.63, 3.8) is 0 Å². The molecule has 1 aliphatic heterocycles. The second kappa shape index (κ2) is 9.42. The van der Waals surface area contributed by atoms with E-state index in [1.165, 1.54) is 20.8 Å². The van der Waals surface area contributed by atoms with Crippen LogP contribution in [0.5, 0.6) is 0 Å². The van der Waals surface area contributed by atoms with Gasteiger partial charge in [0.05, 0.1) is 24.8 Å². The molecule has 178 valence electrons. The van der Waals surface area contributed by atoms with Gasteiger partial charge in [-0.3, -0.25) is 0 Å². The Labute approximate surface area is 207 Å². The van der Waals surface area contributed by atoms with E-state index in [1.54, 1.807) is 11.3 Å². The summed E-state index contributed by atoms with van der Waals surface area (Å²) in [6, 6.07) is 24.0. The van der Waals surface area contributed by atoms with Crippen LogP contribution in [0.1, 0.15) is 44.8 Å². The molecule has 0 amide bonds. The van der Waals surface area contributed by atoms with Crippen LogP contribution >= 0.6 is 11.3 Å². The highest BCUT2D eigenvalue weighted by Gasteiger charge is 2.50. The molecular weight excluding hydrogens is 456 g/mol. The molecule has 4 aromatic rings. The predicted octanol–water partition coefficient (Wildman–Crippen LogP) is 5.53. The molecule has 5 rings (SSSR count). The van der Waals surface area contributed by atoms with Crippen molar-refractivity contribution in [2.75, 3.05) is 6.61 Å². The third-order valence-electron chi connectivity index (χ3n) is 6.94. The monoisotopic (exact) mass is 490 g/mol. The van der Waals surface area contributed by atoms with E-state index in [0.29, 0.717) is 6.61 Å². The number of hydrogen-bond donors (Lipinski definition) is 0. The molecule has 6 heteroatoms. The van der Waals surface area contributed by atoms with Crippen LogP contribution in [0.2, 0.25) is 5.04 Å². The number of hydrogen-bond acceptors (Lipinski definition) is 4. The Bertz CT molecular complexity index is 1200. The second-order valence-corrected chi connectivity index (χ2v) is 15.5. The molecule has 1 aliphatic rings. The predicted molar refractivity (Wildman–Crippen MR) is 144 cm³/mol. The van der Waals surface area contributed by atoms with Gasteiger partial charge in [0.15, 0.2) is 0 Å². The first-order valence-corrected chi connectivity index (χ1v) is 15.0. The lowest BCUT2D eigenvalue weighted by molar-refractivity contribution is -0.0592. The Morgan fingerprint density at radius 1 is 1.06 bits per heavy atom. The first-order valence-electron chi connectivity index (χ1n) is 12.3. The molecule has 1 fully saturated rings. The maximum Gasteiger partial charge on any atom is 0.261 e. The van der Waals surface area contributed by atoms with E-state index in [-0.39, 0.29) is 11.1 Å². The molecule has 0 unspecified atom stereocenters. The molecule has 0 spiro atoms. The van der Waals surface area contributed by atoms with Gasteiger partial charge in [0.2, 0.25) is 0 Å². The summed E-state index contributed by atoms with van der Waals surface area (Å²) < 4.78 is 15.4. The maximum atomic E-state index is 7.20. The molecule has 0 N–H and O–H groups in total. The lowest BCUT2D eigenvalue weighted by atomic mass is 10.2. The van der Waals surface area contributed by atoms with Crippen LogP contribution in [0.25, 0.3) is 10.3 Å². The van der Waals surface area contributed by atoms with Gasteiger partial charge in [-0.2, -0.15) is 0 Å². The number of fused-ring (bicyclic) bond motifs is 1. The number of benzene rings is 2. The summed E-state index contributed by atoms with van der Waals surface area (Å²) >= 11 is 1.80. The number of imidazole rings is 1. The Balaban J connectivity index is 1.58. The number of aryl methyl sites for hydroxylation is 1. The average molecular weight is 491 g/mol. The quantitative estimate of drug-likeness (QED) is 0.305. The largest absolute Gasteiger partial charge is 0.400 e. The van der Waals surface area contributed by atoms with Crippen molar-refractivity contribution in [2.24, 2.45) is 0 Å². The van der Waals surface area contributed by atoms with Gasteiger partial charge in [0.1, 0.15) is 10.7 Å². The van der Waals surface area contributed by atoms with Gasteiger partial charge >= 0.3 is 0 Å². The Hall–Kier alpha value is -2.25. The zero-order chi connectivity index (χ0) is 23.8. The van der Waals surface area contributed by atoms with Crippen LogP contribution < -0.4 is 10.4 Å². The van der Waals surface area contributed by atoms with Crippen LogP contribution in [0, 0.1) is 0 Å². The molecule has 1 atom stereocenters. The van der Waals surface area contributed by atoms with Crippen LogP contribution in [0.15, 0.2) is 66.7 Å². The molecular formula is C28H34N2O2SSi. The van der Waals surface area contributed by atoms with Crippen molar-refractivity contribution in [3.05, 3.63) is 77.4 Å². The van der Waals surface area contributed by atoms with E-state index in [0.717, 1.165) is 36.6 Å². The van der Waals surface area contributed by atoms with Gasteiger partial charge in [-0.1, -0.05) is 88.4 Å². The Kier molecular flexibility index (Phi) is 6.51. The molecule has 0 aliphatic carbocycles. The van der Waals surface area contributed by atoms with Crippen molar-refractivity contribution in [2.45, 2.75) is 64.8 Å². The van der Waals surface area contributed by atoms with E-state index in [9.17, 15) is 0 Å². The standard InChI is InChI=1S/C28H34N2O2SSi/c1-5-22-18-25-27(33-22)29-26(30(25)19-21-16-17-31-21)20-32-34(28(2,3)4,23-12-8-6-9-13-23)24-14-10-7-11-15-24/h6-15,18,21H,5,16-17,19-20H2,1-4H3/t21-/m0/s1. The highest BCUT2D eigenvalue weighted by molar-refractivity contribution is 7.18. The molecule has 34 heavy (non-hydrogen) atoms. The third-order valence-corrected chi connectivity index (χ3v) is 13.1. The number of ether oxygens (including phenoxy) is 1. The zero-order valence-electron chi connectivity index (χ0n) is 20.6. The van der Waals surface area contributed by atoms with E-state index in [1.807, 2.05) is 0 Å². The molecule has 3 heterocycles. The maximum absolute atomic E-state index is 7.20. The van der Waals surface area contributed by atoms with Gasteiger partial charge in [-0.15, -0.1) is 11.3 Å². The summed E-state index contributed by atoms with van der Waals surface area (Å²) in [6.07, 6.45) is 2.42. The Morgan fingerprint density at radius 2 is 1.68 bits per heavy atom. The van der Waals surface area contributed by atoms with Crippen LogP contribution in [-0.2, 0) is 28.7 Å². The van der Waals surface area contributed by atoms with Crippen LogP contribution in [0.3, 0.4) is 0 Å². The van der Waals surface area contributed by atoms with Gasteiger partial charge in [0.25, 0.3) is 8.32 Å². The molecule has 0 saturated carbocycles. The van der Waals surface area contributed by atoms with Crippen LogP contribution in [-0.4, -0.2) is 30.6 Å². The fraction of sp³-hybridized carbons (Fsp3) is 0.393. The molecule has 4 nitrogen and oxygen atoms in total. The fourth-order valence-electron chi connectivity index (χ4n) is 5.06.